The van der Waals surface area contributed by atoms with Crippen molar-refractivity contribution in [3.8, 4) is 0 Å². The lowest BCUT2D eigenvalue weighted by molar-refractivity contribution is -0.413. The first-order valence-corrected chi connectivity index (χ1v) is 10.5. The van der Waals surface area contributed by atoms with Crippen molar-refractivity contribution in [2.45, 2.75) is 102 Å². The average Bonchev–Trinajstić information content (AvgIpc) is 2.97. The first kappa shape index (κ1) is 21.7. The third-order valence-corrected chi connectivity index (χ3v) is 6.29. The standard InChI is InChI=1S/C20H31FN2O7/c1-9(22-17(25)30-18(4,5)6)14(24)23-19(15-26-10(2)27-15)8-7-12-13(19)20(12,21)16-28-11(3)29-16/h9-13,15-16H,7-8H2,1-6H3,(H,22,25)(H,23,24)/t9-,10?,11?,12-,13-,15?,16?,19+,20-/m1/s1. The summed E-state index contributed by atoms with van der Waals surface area (Å²) < 4.78 is 43.3. The maximum absolute atomic E-state index is 15.8. The number of halogens is 1. The fourth-order valence-electron chi connectivity index (χ4n) is 4.98. The van der Waals surface area contributed by atoms with Gasteiger partial charge < -0.3 is 34.3 Å². The Labute approximate surface area is 175 Å². The van der Waals surface area contributed by atoms with E-state index in [1.165, 1.54) is 0 Å². The number of ether oxygens (including phenoxy) is 5. The number of alkyl carbamates (subject to hydrolysis) is 1. The minimum atomic E-state index is -1.70. The van der Waals surface area contributed by atoms with Crippen molar-refractivity contribution in [1.82, 2.24) is 10.6 Å². The number of carbonyl (C=O) groups is 2. The highest BCUT2D eigenvalue weighted by atomic mass is 19.1. The molecule has 2 amide bonds. The van der Waals surface area contributed by atoms with Crippen LogP contribution in [0.25, 0.3) is 0 Å². The van der Waals surface area contributed by atoms with Gasteiger partial charge in [-0.05, 0) is 54.4 Å². The lowest BCUT2D eigenvalue weighted by atomic mass is 9.86. The van der Waals surface area contributed by atoms with Crippen LogP contribution in [-0.2, 0) is 28.5 Å². The van der Waals surface area contributed by atoms with Crippen molar-refractivity contribution in [3.05, 3.63) is 0 Å². The first-order chi connectivity index (χ1) is 13.9. The van der Waals surface area contributed by atoms with Crippen molar-refractivity contribution in [2.75, 3.05) is 0 Å². The van der Waals surface area contributed by atoms with Crippen molar-refractivity contribution in [3.63, 3.8) is 0 Å². The molecule has 0 radical (unpaired) electrons. The molecule has 10 heteroatoms. The summed E-state index contributed by atoms with van der Waals surface area (Å²) in [5, 5.41) is 5.45. The van der Waals surface area contributed by atoms with E-state index in [1.54, 1.807) is 41.5 Å². The van der Waals surface area contributed by atoms with Crippen LogP contribution in [0.15, 0.2) is 0 Å². The van der Waals surface area contributed by atoms with Gasteiger partial charge in [-0.1, -0.05) is 0 Å². The highest BCUT2D eigenvalue weighted by Crippen LogP contribution is 2.71. The third kappa shape index (κ3) is 3.47. The van der Waals surface area contributed by atoms with Crippen LogP contribution in [-0.4, -0.2) is 60.0 Å². The van der Waals surface area contributed by atoms with Gasteiger partial charge in [0.2, 0.25) is 5.91 Å². The second-order valence-corrected chi connectivity index (χ2v) is 9.69. The van der Waals surface area contributed by atoms with Crippen LogP contribution < -0.4 is 10.6 Å². The molecule has 0 spiro atoms. The Morgan fingerprint density at radius 2 is 1.67 bits per heavy atom. The molecule has 0 aromatic heterocycles. The Bertz CT molecular complexity index is 718. The molecule has 0 unspecified atom stereocenters. The number of hydrogen-bond donors (Lipinski definition) is 2. The highest BCUT2D eigenvalue weighted by molar-refractivity contribution is 5.86. The highest BCUT2D eigenvalue weighted by Gasteiger charge is 2.84. The van der Waals surface area contributed by atoms with E-state index in [1.807, 2.05) is 0 Å². The summed E-state index contributed by atoms with van der Waals surface area (Å²) in [6.45, 7) is 10.2. The molecule has 2 saturated carbocycles. The van der Waals surface area contributed by atoms with Crippen molar-refractivity contribution >= 4 is 12.0 Å². The van der Waals surface area contributed by atoms with E-state index >= 15 is 4.39 Å². The molecule has 2 heterocycles. The summed E-state index contributed by atoms with van der Waals surface area (Å²) in [4.78, 5) is 25.0. The predicted molar refractivity (Wildman–Crippen MR) is 101 cm³/mol. The minimum Gasteiger partial charge on any atom is -0.444 e. The maximum Gasteiger partial charge on any atom is 0.408 e. The molecule has 4 fully saturated rings. The van der Waals surface area contributed by atoms with Crippen LogP contribution in [0.3, 0.4) is 0 Å². The van der Waals surface area contributed by atoms with Gasteiger partial charge in [0.05, 0.1) is 5.54 Å². The summed E-state index contributed by atoms with van der Waals surface area (Å²) in [5.74, 6) is -1.34. The van der Waals surface area contributed by atoms with E-state index in [4.69, 9.17) is 23.7 Å². The zero-order valence-corrected chi connectivity index (χ0v) is 18.2. The number of nitrogens with one attached hydrogen (secondary N) is 2. The summed E-state index contributed by atoms with van der Waals surface area (Å²) >= 11 is 0. The van der Waals surface area contributed by atoms with Gasteiger partial charge in [0.1, 0.15) is 11.6 Å². The number of alkyl halides is 1. The smallest absolute Gasteiger partial charge is 0.408 e. The molecule has 9 nitrogen and oxygen atoms in total. The van der Waals surface area contributed by atoms with Crippen molar-refractivity contribution in [2.24, 2.45) is 11.8 Å². The van der Waals surface area contributed by atoms with E-state index in [9.17, 15) is 9.59 Å². The molecule has 2 aliphatic carbocycles. The SMILES string of the molecule is CC1OC([C@@]2(F)[C@@H]3CC[C@@](NC(=O)[C@@H](C)NC(=O)OC(C)(C)C)(C4OC(C)O4)[C@@H]32)O1. The number of carbonyl (C=O) groups excluding carboxylic acids is 2. The fraction of sp³-hybridized carbons (Fsp3) is 0.900. The maximum atomic E-state index is 15.8. The Balaban J connectivity index is 1.46. The number of hydrogen-bond acceptors (Lipinski definition) is 7. The molecular weight excluding hydrogens is 399 g/mol. The van der Waals surface area contributed by atoms with Crippen LogP contribution in [0.4, 0.5) is 9.18 Å². The van der Waals surface area contributed by atoms with Gasteiger partial charge in [0.25, 0.3) is 0 Å². The van der Waals surface area contributed by atoms with Gasteiger partial charge in [-0.3, -0.25) is 4.79 Å². The quantitative estimate of drug-likeness (QED) is 0.687. The molecule has 4 aliphatic rings. The van der Waals surface area contributed by atoms with E-state index in [-0.39, 0.29) is 5.92 Å². The fourth-order valence-corrected chi connectivity index (χ4v) is 4.98. The van der Waals surface area contributed by atoms with E-state index < -0.39 is 65.9 Å². The van der Waals surface area contributed by atoms with Gasteiger partial charge in [-0.25, -0.2) is 9.18 Å². The predicted octanol–water partition coefficient (Wildman–Crippen LogP) is 1.94. The van der Waals surface area contributed by atoms with Crippen LogP contribution in [0.2, 0.25) is 0 Å². The third-order valence-electron chi connectivity index (χ3n) is 6.29. The van der Waals surface area contributed by atoms with E-state index in [0.29, 0.717) is 12.8 Å². The number of fused-ring (bicyclic) bond motifs is 1. The van der Waals surface area contributed by atoms with Crippen molar-refractivity contribution < 1.29 is 37.7 Å². The lowest BCUT2D eigenvalue weighted by Gasteiger charge is -2.49. The van der Waals surface area contributed by atoms with Gasteiger partial charge in [0, 0.05) is 11.8 Å². The summed E-state index contributed by atoms with van der Waals surface area (Å²) in [5.41, 5.74) is -3.45. The molecule has 2 saturated heterocycles. The summed E-state index contributed by atoms with van der Waals surface area (Å²) in [6.07, 6.45) is -2.25. The second-order valence-electron chi connectivity index (χ2n) is 9.69. The summed E-state index contributed by atoms with van der Waals surface area (Å²) in [6, 6.07) is -0.891. The van der Waals surface area contributed by atoms with E-state index in [2.05, 4.69) is 10.6 Å². The van der Waals surface area contributed by atoms with Crippen LogP contribution in [0.1, 0.15) is 54.4 Å². The number of rotatable bonds is 5. The topological polar surface area (TPSA) is 104 Å². The van der Waals surface area contributed by atoms with Crippen LogP contribution in [0.5, 0.6) is 0 Å². The Kier molecular flexibility index (Phi) is 5.08. The van der Waals surface area contributed by atoms with Gasteiger partial charge in [-0.15, -0.1) is 0 Å². The molecule has 170 valence electrons. The molecule has 0 aromatic rings. The largest absolute Gasteiger partial charge is 0.444 e. The zero-order valence-electron chi connectivity index (χ0n) is 18.2. The van der Waals surface area contributed by atoms with Crippen LogP contribution >= 0.6 is 0 Å². The molecule has 5 atom stereocenters. The number of amides is 2. The zero-order chi connectivity index (χ0) is 22.1. The molecule has 0 bridgehead atoms. The first-order valence-electron chi connectivity index (χ1n) is 10.5. The van der Waals surface area contributed by atoms with Gasteiger partial charge >= 0.3 is 6.09 Å². The van der Waals surface area contributed by atoms with Gasteiger partial charge in [0.15, 0.2) is 30.8 Å². The van der Waals surface area contributed by atoms with Gasteiger partial charge in [-0.2, -0.15) is 0 Å². The monoisotopic (exact) mass is 430 g/mol. The lowest BCUT2D eigenvalue weighted by Crippen LogP contribution is -2.68. The minimum absolute atomic E-state index is 0.312. The molecule has 4 rings (SSSR count). The van der Waals surface area contributed by atoms with E-state index in [0.717, 1.165) is 0 Å². The molecule has 30 heavy (non-hydrogen) atoms. The summed E-state index contributed by atoms with van der Waals surface area (Å²) in [7, 11) is 0. The molecule has 2 aliphatic heterocycles. The second kappa shape index (κ2) is 7.01. The Morgan fingerprint density at radius 3 is 2.20 bits per heavy atom. The Hall–Kier alpha value is -1.49. The van der Waals surface area contributed by atoms with Crippen molar-refractivity contribution in [1.29, 1.82) is 0 Å². The molecule has 0 aromatic carbocycles. The normalized spacial score (nSPS) is 45.4. The Morgan fingerprint density at radius 1 is 1.10 bits per heavy atom. The average molecular weight is 430 g/mol. The molecular formula is C20H31FN2O7. The molecule has 2 N–H and O–H groups in total. The van der Waals surface area contributed by atoms with Crippen LogP contribution in [0, 0.1) is 11.8 Å².